The molecule has 24 heavy (non-hydrogen) atoms. The van der Waals surface area contributed by atoms with Crippen LogP contribution in [0.3, 0.4) is 0 Å². The first-order chi connectivity index (χ1) is 11.7. The van der Waals surface area contributed by atoms with Gasteiger partial charge in [0, 0.05) is 17.8 Å². The van der Waals surface area contributed by atoms with E-state index >= 15 is 0 Å². The zero-order chi connectivity index (χ0) is 16.5. The highest BCUT2D eigenvalue weighted by molar-refractivity contribution is 7.13. The van der Waals surface area contributed by atoms with Gasteiger partial charge in [-0.1, -0.05) is 6.07 Å². The number of aromatic nitrogens is 3. The highest BCUT2D eigenvalue weighted by atomic mass is 32.1. The number of aliphatic imine (C=N–C) groups is 1. The zero-order valence-corrected chi connectivity index (χ0v) is 14.1. The Kier molecular flexibility index (Phi) is 4.03. The number of aromatic amines is 1. The van der Waals surface area contributed by atoms with Gasteiger partial charge in [-0.25, -0.2) is 9.97 Å². The molecule has 3 aromatic rings. The number of thiophene rings is 1. The standard InChI is InChI=1S/C17H20N6S/c18-10-3-1-4-11(9-10)21-15(19)12-6-7-20-17-14(12)22-16(23-17)13-5-2-8-24-13/h2,5-8,10-11H,1,3-4,9,18H2,(H2,19,21)(H,20,22,23). The van der Waals surface area contributed by atoms with Crippen molar-refractivity contribution in [3.05, 3.63) is 35.3 Å². The highest BCUT2D eigenvalue weighted by Gasteiger charge is 2.20. The molecular weight excluding hydrogens is 320 g/mol. The van der Waals surface area contributed by atoms with Crippen LogP contribution in [0.2, 0.25) is 0 Å². The van der Waals surface area contributed by atoms with E-state index in [-0.39, 0.29) is 12.1 Å². The quantitative estimate of drug-likeness (QED) is 0.503. The summed E-state index contributed by atoms with van der Waals surface area (Å²) in [5.74, 6) is 1.34. The van der Waals surface area contributed by atoms with E-state index in [1.807, 2.05) is 23.6 Å². The van der Waals surface area contributed by atoms with Crippen LogP contribution in [0.1, 0.15) is 31.2 Å². The number of fused-ring (bicyclic) bond motifs is 1. The fraction of sp³-hybridized carbons (Fsp3) is 0.353. The Labute approximate surface area is 144 Å². The van der Waals surface area contributed by atoms with Crippen LogP contribution in [0.25, 0.3) is 21.9 Å². The number of amidine groups is 1. The van der Waals surface area contributed by atoms with Gasteiger partial charge in [0.1, 0.15) is 5.84 Å². The van der Waals surface area contributed by atoms with Crippen molar-refractivity contribution in [3.8, 4) is 10.7 Å². The molecule has 1 fully saturated rings. The Morgan fingerprint density at radius 1 is 1.33 bits per heavy atom. The number of hydrogen-bond donors (Lipinski definition) is 3. The lowest BCUT2D eigenvalue weighted by atomic mass is 9.92. The fourth-order valence-corrected chi connectivity index (χ4v) is 3.91. The predicted octanol–water partition coefficient (Wildman–Crippen LogP) is 2.66. The second-order valence-corrected chi connectivity index (χ2v) is 7.16. The van der Waals surface area contributed by atoms with Gasteiger partial charge in [-0.2, -0.15) is 0 Å². The maximum absolute atomic E-state index is 6.30. The summed E-state index contributed by atoms with van der Waals surface area (Å²) >= 11 is 1.64. The molecule has 0 amide bonds. The minimum atomic E-state index is 0.205. The van der Waals surface area contributed by atoms with Gasteiger partial charge in [-0.05, 0) is 43.2 Å². The van der Waals surface area contributed by atoms with Crippen LogP contribution < -0.4 is 11.5 Å². The smallest absolute Gasteiger partial charge is 0.178 e. The van der Waals surface area contributed by atoms with Crippen LogP contribution in [0.15, 0.2) is 34.8 Å². The van der Waals surface area contributed by atoms with Gasteiger partial charge in [0.25, 0.3) is 0 Å². The van der Waals surface area contributed by atoms with Gasteiger partial charge in [0.05, 0.1) is 16.4 Å². The van der Waals surface area contributed by atoms with Crippen LogP contribution in [-0.4, -0.2) is 32.9 Å². The highest BCUT2D eigenvalue weighted by Crippen LogP contribution is 2.26. The maximum Gasteiger partial charge on any atom is 0.178 e. The third-order valence-corrected chi connectivity index (χ3v) is 5.31. The molecule has 0 bridgehead atoms. The zero-order valence-electron chi connectivity index (χ0n) is 13.3. The molecule has 124 valence electrons. The summed E-state index contributed by atoms with van der Waals surface area (Å²) in [7, 11) is 0. The Hall–Kier alpha value is -2.25. The Morgan fingerprint density at radius 3 is 3.04 bits per heavy atom. The van der Waals surface area contributed by atoms with Gasteiger partial charge < -0.3 is 16.5 Å². The lowest BCUT2D eigenvalue weighted by Crippen LogP contribution is -2.31. The molecule has 5 N–H and O–H groups in total. The average Bonchev–Trinajstić information content (AvgIpc) is 3.23. The Balaban J connectivity index is 1.70. The molecule has 1 aliphatic rings. The van der Waals surface area contributed by atoms with Crippen LogP contribution in [0.5, 0.6) is 0 Å². The van der Waals surface area contributed by atoms with Crippen LogP contribution in [-0.2, 0) is 0 Å². The molecule has 2 atom stereocenters. The van der Waals surface area contributed by atoms with Crippen molar-refractivity contribution >= 4 is 28.3 Å². The monoisotopic (exact) mass is 340 g/mol. The summed E-state index contributed by atoms with van der Waals surface area (Å²) in [4.78, 5) is 18.1. The predicted molar refractivity (Wildman–Crippen MR) is 98.2 cm³/mol. The number of pyridine rings is 1. The number of nitrogens with zero attached hydrogens (tertiary/aromatic N) is 3. The van der Waals surface area contributed by atoms with Crippen molar-refractivity contribution in [1.82, 2.24) is 15.0 Å². The lowest BCUT2D eigenvalue weighted by Gasteiger charge is -2.24. The molecule has 1 saturated carbocycles. The largest absolute Gasteiger partial charge is 0.383 e. The van der Waals surface area contributed by atoms with E-state index in [0.29, 0.717) is 11.5 Å². The molecule has 0 saturated heterocycles. The number of imidazole rings is 1. The summed E-state index contributed by atoms with van der Waals surface area (Å²) < 4.78 is 0. The lowest BCUT2D eigenvalue weighted by molar-refractivity contribution is 0.394. The first kappa shape index (κ1) is 15.3. The number of hydrogen-bond acceptors (Lipinski definition) is 5. The summed E-state index contributed by atoms with van der Waals surface area (Å²) in [6.45, 7) is 0. The van der Waals surface area contributed by atoms with Crippen molar-refractivity contribution in [2.45, 2.75) is 37.8 Å². The van der Waals surface area contributed by atoms with Crippen LogP contribution in [0.4, 0.5) is 0 Å². The van der Waals surface area contributed by atoms with Gasteiger partial charge in [0.15, 0.2) is 11.5 Å². The summed E-state index contributed by atoms with van der Waals surface area (Å²) in [5, 5.41) is 2.03. The van der Waals surface area contributed by atoms with Crippen LogP contribution >= 0.6 is 11.3 Å². The molecule has 4 rings (SSSR count). The first-order valence-electron chi connectivity index (χ1n) is 8.18. The van der Waals surface area contributed by atoms with E-state index in [0.717, 1.165) is 47.5 Å². The Morgan fingerprint density at radius 2 is 2.25 bits per heavy atom. The van der Waals surface area contributed by atoms with E-state index in [4.69, 9.17) is 16.5 Å². The van der Waals surface area contributed by atoms with Gasteiger partial charge >= 0.3 is 0 Å². The van der Waals surface area contributed by atoms with Crippen molar-refractivity contribution in [1.29, 1.82) is 0 Å². The number of nitrogens with two attached hydrogens (primary N) is 2. The SMILES string of the molecule is NC(=NC1CCCC(N)C1)c1ccnc2nc(-c3cccs3)[nH]c12. The van der Waals surface area contributed by atoms with Crippen molar-refractivity contribution in [2.75, 3.05) is 0 Å². The minimum absolute atomic E-state index is 0.205. The van der Waals surface area contributed by atoms with E-state index < -0.39 is 0 Å². The van der Waals surface area contributed by atoms with E-state index in [1.165, 1.54) is 0 Å². The molecule has 7 heteroatoms. The van der Waals surface area contributed by atoms with Crippen molar-refractivity contribution in [2.24, 2.45) is 16.5 Å². The normalized spacial score (nSPS) is 22.1. The molecule has 0 spiro atoms. The van der Waals surface area contributed by atoms with Gasteiger partial charge in [0.2, 0.25) is 0 Å². The third-order valence-electron chi connectivity index (χ3n) is 4.43. The fourth-order valence-electron chi connectivity index (χ4n) is 3.24. The Bertz CT molecular complexity index is 866. The van der Waals surface area contributed by atoms with Crippen LogP contribution in [0, 0.1) is 0 Å². The molecule has 0 aromatic carbocycles. The van der Waals surface area contributed by atoms with Gasteiger partial charge in [-0.15, -0.1) is 11.3 Å². The average molecular weight is 340 g/mol. The number of H-pyrrole nitrogens is 1. The molecule has 1 aliphatic carbocycles. The molecule has 0 aliphatic heterocycles. The molecule has 0 radical (unpaired) electrons. The van der Waals surface area contributed by atoms with E-state index in [9.17, 15) is 0 Å². The summed E-state index contributed by atoms with van der Waals surface area (Å²) in [5.41, 5.74) is 14.7. The minimum Gasteiger partial charge on any atom is -0.383 e. The number of nitrogens with one attached hydrogen (secondary N) is 1. The molecule has 3 heterocycles. The van der Waals surface area contributed by atoms with Gasteiger partial charge in [-0.3, -0.25) is 4.99 Å². The molecular formula is C17H20N6S. The second kappa shape index (κ2) is 6.33. The molecule has 2 unspecified atom stereocenters. The molecule has 3 aromatic heterocycles. The first-order valence-corrected chi connectivity index (χ1v) is 9.06. The summed E-state index contributed by atoms with van der Waals surface area (Å²) in [6.07, 6.45) is 5.87. The molecule has 6 nitrogen and oxygen atoms in total. The van der Waals surface area contributed by atoms with Crippen molar-refractivity contribution < 1.29 is 0 Å². The topological polar surface area (TPSA) is 106 Å². The van der Waals surface area contributed by atoms with Crippen molar-refractivity contribution in [3.63, 3.8) is 0 Å². The second-order valence-electron chi connectivity index (χ2n) is 6.21. The number of rotatable bonds is 3. The van der Waals surface area contributed by atoms with E-state index in [1.54, 1.807) is 17.5 Å². The van der Waals surface area contributed by atoms with E-state index in [2.05, 4.69) is 15.0 Å². The maximum atomic E-state index is 6.30. The third kappa shape index (κ3) is 2.92. The summed E-state index contributed by atoms with van der Waals surface area (Å²) in [6, 6.07) is 6.36.